The van der Waals surface area contributed by atoms with Crippen LogP contribution in [0.5, 0.6) is 241 Å². The minimum absolute atomic E-state index is 0.495. The van der Waals surface area contributed by atoms with Crippen molar-refractivity contribution in [3.63, 3.8) is 0 Å². The molecule has 48 nitrogen and oxygen atoms in total. The topological polar surface area (TPSA) is 952 Å². The van der Waals surface area contributed by atoms with Gasteiger partial charge in [-0.25, -0.2) is 0 Å². The van der Waals surface area contributed by atoms with Crippen LogP contribution in [-0.4, -0.2) is 249 Å². The fraction of sp³-hybridized carbons (Fsp3) is 0. The number of carbonyl (C=O) groups excluding carboxylic acids is 6. The Labute approximate surface area is 693 Å². The molecule has 0 radical (unpaired) electrons. The molecule has 0 amide bonds. The maximum absolute atomic E-state index is 12.2. The number of aromatic hydroxyl groups is 42. The number of phenolic OH excluding ortho intramolecular Hbond substituents is 42. The first-order valence-corrected chi connectivity index (χ1v) is 33.0. The second-order valence-corrected chi connectivity index (χ2v) is 25.1. The lowest BCUT2D eigenvalue weighted by atomic mass is 9.98. The number of rotatable bonds is 12. The van der Waals surface area contributed by atoms with E-state index in [0.29, 0.717) is 48.5 Å². The normalized spacial score (nSPS) is 10.5. The summed E-state index contributed by atoms with van der Waals surface area (Å²) < 4.78 is 0. The quantitative estimate of drug-likeness (QED) is 0.0427. The minimum Gasteiger partial charge on any atom is -0.508 e. The van der Waals surface area contributed by atoms with E-state index in [1.54, 1.807) is 0 Å². The lowest BCUT2D eigenvalue weighted by Crippen LogP contribution is -2.03. The van der Waals surface area contributed by atoms with Gasteiger partial charge >= 0.3 is 0 Å². The Balaban J connectivity index is 0.000000207. The lowest BCUT2D eigenvalue weighted by molar-refractivity contribution is 0.101. The highest BCUT2D eigenvalue weighted by Crippen LogP contribution is 2.53. The Morgan fingerprint density at radius 1 is 0.111 bits per heavy atom. The number of hydrogen-bond acceptors (Lipinski definition) is 48. The third-order valence-corrected chi connectivity index (χ3v) is 16.7. The van der Waals surface area contributed by atoms with E-state index < -0.39 is 343 Å². The summed E-state index contributed by atoms with van der Waals surface area (Å²) >= 11 is 0. The van der Waals surface area contributed by atoms with E-state index in [4.69, 9.17) is 10.2 Å². The van der Waals surface area contributed by atoms with Gasteiger partial charge in [0.15, 0.2) is 115 Å². The summed E-state index contributed by atoms with van der Waals surface area (Å²) in [5.74, 6) is -43.3. The van der Waals surface area contributed by atoms with E-state index in [-0.39, 0.29) is 0 Å². The monoisotopic (exact) mass is 1760 g/mol. The minimum atomic E-state index is -1.23. The van der Waals surface area contributed by atoms with Gasteiger partial charge in [-0.05, 0) is 42.5 Å². The molecule has 126 heavy (non-hydrogen) atoms. The van der Waals surface area contributed by atoms with Gasteiger partial charge in [-0.3, -0.25) is 28.8 Å². The van der Waals surface area contributed by atoms with Gasteiger partial charge in [-0.1, -0.05) is 0 Å². The molecule has 12 aromatic rings. The average Bonchev–Trinajstić information content (AvgIpc) is 0.845. The van der Waals surface area contributed by atoms with Crippen molar-refractivity contribution in [1.82, 2.24) is 0 Å². The van der Waals surface area contributed by atoms with Crippen molar-refractivity contribution in [1.29, 1.82) is 0 Å². The van der Waals surface area contributed by atoms with Crippen LogP contribution < -0.4 is 0 Å². The molecule has 0 bridgehead atoms. The number of phenols is 42. The highest BCUT2D eigenvalue weighted by molar-refractivity contribution is 6.19. The highest BCUT2D eigenvalue weighted by Gasteiger charge is 2.34. The first-order valence-electron chi connectivity index (χ1n) is 33.0. The maximum Gasteiger partial charge on any atom is 0.208 e. The zero-order valence-corrected chi connectivity index (χ0v) is 61.6. The molecular formula is C78H60O48. The maximum atomic E-state index is 12.2. The second kappa shape index (κ2) is 36.0. The molecular weight excluding hydrogens is 1700 g/mol. The van der Waals surface area contributed by atoms with Gasteiger partial charge in [0.1, 0.15) is 103 Å². The molecule has 0 atom stereocenters. The molecule has 0 aliphatic heterocycles. The van der Waals surface area contributed by atoms with Gasteiger partial charge in [0.25, 0.3) is 0 Å². The summed E-state index contributed by atoms with van der Waals surface area (Å²) in [6, 6.07) is 13.0. The molecule has 12 aromatic carbocycles. The second-order valence-electron chi connectivity index (χ2n) is 25.1. The molecule has 0 spiro atoms. The van der Waals surface area contributed by atoms with Crippen molar-refractivity contribution >= 4 is 34.7 Å². The summed E-state index contributed by atoms with van der Waals surface area (Å²) in [4.78, 5) is 73.0. The Morgan fingerprint density at radius 2 is 0.278 bits per heavy atom. The molecule has 0 heterocycles. The molecule has 0 aliphatic rings. The third kappa shape index (κ3) is 18.6. The highest BCUT2D eigenvalue weighted by atomic mass is 16.4. The van der Waals surface area contributed by atoms with Crippen LogP contribution in [-0.2, 0) is 0 Å². The van der Waals surface area contributed by atoms with Crippen molar-refractivity contribution in [3.05, 3.63) is 176 Å². The van der Waals surface area contributed by atoms with Gasteiger partial charge < -0.3 is 214 Å². The summed E-state index contributed by atoms with van der Waals surface area (Å²) in [7, 11) is 0. The van der Waals surface area contributed by atoms with E-state index in [9.17, 15) is 233 Å². The molecule has 660 valence electrons. The number of ketones is 6. The SMILES string of the molecule is O=C(c1c(O)cc(O)cc1O)c1c(O)cc(O)c(O)c1O.O=C(c1cc(O)c(O)c(O)c1O)c1c(O)cc(O)cc1O.O=C(c1cc(O)c(O)cc1O)c1c(O)cc(O)c(O)c1O.O=C(c1cc(O)c(O)cc1O)c1cc(O)c(O)c(O)c1O.O=C(c1cc(O)cc(O)c1O)c1c(O)cc(O)c(O)c1O.O=C(c1cc(O)cc(O)c1O)c1cc(O)c(O)c(O)c1O. The van der Waals surface area contributed by atoms with E-state index in [1.165, 1.54) is 0 Å². The predicted octanol–water partition coefficient (Wildman–Crippen LogP) is 5.14. The van der Waals surface area contributed by atoms with E-state index in [1.807, 2.05) is 0 Å². The Hall–Kier alpha value is -19.7. The van der Waals surface area contributed by atoms with Gasteiger partial charge in [0.05, 0.1) is 38.9 Å². The van der Waals surface area contributed by atoms with Gasteiger partial charge in [0.2, 0.25) is 86.4 Å². The van der Waals surface area contributed by atoms with Crippen molar-refractivity contribution in [2.24, 2.45) is 0 Å². The average molecular weight is 1770 g/mol. The van der Waals surface area contributed by atoms with Gasteiger partial charge in [-0.2, -0.15) is 0 Å². The first-order chi connectivity index (χ1) is 58.4. The Morgan fingerprint density at radius 3 is 0.587 bits per heavy atom. The third-order valence-electron chi connectivity index (χ3n) is 16.7. The van der Waals surface area contributed by atoms with Crippen molar-refractivity contribution in [2.45, 2.75) is 0 Å². The van der Waals surface area contributed by atoms with Crippen LogP contribution >= 0.6 is 0 Å². The predicted molar refractivity (Wildman–Crippen MR) is 408 cm³/mol. The molecule has 48 heteroatoms. The van der Waals surface area contributed by atoms with Crippen LogP contribution in [0.2, 0.25) is 0 Å². The summed E-state index contributed by atoms with van der Waals surface area (Å²) in [5, 5.41) is 395. The first kappa shape index (κ1) is 93.4. The van der Waals surface area contributed by atoms with Gasteiger partial charge in [-0.15, -0.1) is 0 Å². The van der Waals surface area contributed by atoms with Crippen molar-refractivity contribution in [3.8, 4) is 241 Å². The molecule has 0 saturated heterocycles. The molecule has 42 N–H and O–H groups in total. The molecule has 0 aromatic heterocycles. The Bertz CT molecular complexity index is 6460. The molecule has 0 saturated carbocycles. The number of hydrogen-bond donors (Lipinski definition) is 42. The van der Waals surface area contributed by atoms with E-state index >= 15 is 0 Å². The van der Waals surface area contributed by atoms with Crippen LogP contribution in [0.1, 0.15) is 95.5 Å². The largest absolute Gasteiger partial charge is 0.508 e. The van der Waals surface area contributed by atoms with Gasteiger partial charge in [0, 0.05) is 66.7 Å². The zero-order chi connectivity index (χ0) is 95.4. The number of carbonyl (C=O) groups is 6. The molecule has 0 unspecified atom stereocenters. The fourth-order valence-corrected chi connectivity index (χ4v) is 10.5. The number of benzene rings is 12. The van der Waals surface area contributed by atoms with E-state index in [2.05, 4.69) is 0 Å². The standard InChI is InChI=1S/6C13H10O8/c14-6-3-8(16)7(15)1-4(6)10(18)5-2-9(17)12(20)13(21)11(5)19;14-5-2-7(16)6(15)1-4(5)11(19)10-8(17)3-9(18)12(20)13(10)21;14-4-1-6(15)9(7(16)2-4)10(18)5-3-8(17)12(20)13(21)11(5)19;14-4-1-5(10(18)7(16)2-4)11(19)9-6(15)3-8(17)12(20)13(9)21;14-4-1-5(10(18)7(15)2-4)9(17)6-3-8(16)12(20)13(21)11(6)19;14-4-1-5(15)9(6(16)2-4)12(20)10-7(17)3-8(18)11(19)13(10)21/h1-3,14-17,19-21H;1-3,14-18,20-21H;1-3,14-17,19-21H;1-3,14-18,20-21H;1-3,14-16,18-21H;1-3,14-19,21H. The fourth-order valence-electron chi connectivity index (χ4n) is 10.5. The molecule has 0 aliphatic carbocycles. The van der Waals surface area contributed by atoms with Crippen LogP contribution in [0.15, 0.2) is 109 Å². The van der Waals surface area contributed by atoms with Crippen molar-refractivity contribution in [2.75, 3.05) is 0 Å². The smallest absolute Gasteiger partial charge is 0.208 e. The summed E-state index contributed by atoms with van der Waals surface area (Å²) in [5.41, 5.74) is -7.97. The van der Waals surface area contributed by atoms with Crippen LogP contribution in [0, 0.1) is 0 Å². The Kier molecular flexibility index (Phi) is 26.7. The zero-order valence-electron chi connectivity index (χ0n) is 61.6. The summed E-state index contributed by atoms with van der Waals surface area (Å²) in [6.07, 6.45) is 0. The lowest BCUT2D eigenvalue weighted by Gasteiger charge is -2.11. The molecule has 12 rings (SSSR count). The summed E-state index contributed by atoms with van der Waals surface area (Å²) in [6.45, 7) is 0. The van der Waals surface area contributed by atoms with E-state index in [0.717, 1.165) is 60.7 Å². The molecule has 0 fully saturated rings. The van der Waals surface area contributed by atoms with Crippen LogP contribution in [0.25, 0.3) is 0 Å². The van der Waals surface area contributed by atoms with Crippen molar-refractivity contribution < 1.29 is 243 Å². The van der Waals surface area contributed by atoms with Crippen LogP contribution in [0.4, 0.5) is 0 Å². The van der Waals surface area contributed by atoms with Crippen LogP contribution in [0.3, 0.4) is 0 Å².